The van der Waals surface area contributed by atoms with Gasteiger partial charge in [-0.3, -0.25) is 9.88 Å². The molecule has 1 N–H and O–H groups in total. The van der Waals surface area contributed by atoms with Crippen LogP contribution in [-0.2, 0) is 28.4 Å². The smallest absolute Gasteiger partial charge is 0.335 e. The van der Waals surface area contributed by atoms with Crippen molar-refractivity contribution in [2.75, 3.05) is 37.8 Å². The molecule has 4 aliphatic heterocycles. The van der Waals surface area contributed by atoms with E-state index in [9.17, 15) is 9.90 Å². The molecule has 0 radical (unpaired) electrons. The minimum atomic E-state index is -1.18. The molecular weight excluding hydrogens is 605 g/mol. The molecule has 0 amide bonds. The highest BCUT2D eigenvalue weighted by molar-refractivity contribution is 6.30. The van der Waals surface area contributed by atoms with Crippen molar-refractivity contribution in [1.82, 2.24) is 19.4 Å². The van der Waals surface area contributed by atoms with Gasteiger partial charge in [0.1, 0.15) is 17.0 Å². The Labute approximate surface area is 263 Å². The Morgan fingerprint density at radius 2 is 2.00 bits per heavy atom. The number of nitrogens with zero attached hydrogens (tertiary/aromatic N) is 5. The second kappa shape index (κ2) is 10.8. The monoisotopic (exact) mass is 635 g/mol. The standard InChI is InChI=1S/C32H31ClFN5O6/c1-32(27-6-5-19(33)13-35-27)44-26-4-2-3-22(30(26)45-32)38-9-8-37(24-16-42-17-25(24)38)15-28-36-29-21(34)11-18(31(40)41)12-23(29)39(28)14-20-7-10-43-20/h2-6,11-13,20,24-25H,7-10,14-17H2,1H3,(H,40,41)/t20-,24+,25-,32-/m0/s1. The fourth-order valence-corrected chi connectivity index (χ4v) is 6.93. The minimum Gasteiger partial charge on any atom is -0.478 e. The summed E-state index contributed by atoms with van der Waals surface area (Å²) >= 11 is 6.06. The van der Waals surface area contributed by atoms with Gasteiger partial charge >= 0.3 is 5.97 Å². The first-order chi connectivity index (χ1) is 21.8. The summed E-state index contributed by atoms with van der Waals surface area (Å²) in [4.78, 5) is 25.5. The lowest BCUT2D eigenvalue weighted by atomic mass is 10.0. The van der Waals surface area contributed by atoms with E-state index < -0.39 is 17.6 Å². The number of fused-ring (bicyclic) bond motifs is 3. The number of anilines is 1. The molecule has 4 atom stereocenters. The van der Waals surface area contributed by atoms with Gasteiger partial charge in [-0.2, -0.15) is 0 Å². The molecular formula is C32H31ClFN5O6. The quantitative estimate of drug-likeness (QED) is 0.313. The van der Waals surface area contributed by atoms with Crippen LogP contribution in [0, 0.1) is 5.82 Å². The zero-order valence-electron chi connectivity index (χ0n) is 24.5. The van der Waals surface area contributed by atoms with Crippen molar-refractivity contribution in [3.05, 3.63) is 76.6 Å². The van der Waals surface area contributed by atoms with Crippen LogP contribution in [0.5, 0.6) is 11.5 Å². The molecule has 0 bridgehead atoms. The van der Waals surface area contributed by atoms with E-state index >= 15 is 4.39 Å². The van der Waals surface area contributed by atoms with Crippen molar-refractivity contribution in [2.24, 2.45) is 0 Å². The SMILES string of the molecule is C[C@]1(c2ccc(Cl)cn2)Oc2cccc(N3CCN(Cc4nc5c(F)cc(C(=O)O)cc5n4C[C@@H]4CCO4)[C@@H]4COC[C@@H]43)c2O1. The molecule has 6 heterocycles. The maximum absolute atomic E-state index is 15.1. The second-order valence-electron chi connectivity index (χ2n) is 12.0. The predicted octanol–water partition coefficient (Wildman–Crippen LogP) is 4.44. The van der Waals surface area contributed by atoms with Crippen molar-refractivity contribution >= 4 is 34.3 Å². The molecule has 8 rings (SSSR count). The average Bonchev–Trinajstić information content (AvgIpc) is 3.71. The lowest BCUT2D eigenvalue weighted by Gasteiger charge is -2.44. The van der Waals surface area contributed by atoms with Crippen molar-refractivity contribution < 1.29 is 33.2 Å². The highest BCUT2D eigenvalue weighted by Gasteiger charge is 2.46. The van der Waals surface area contributed by atoms with Gasteiger partial charge in [-0.25, -0.2) is 14.2 Å². The van der Waals surface area contributed by atoms with Crippen LogP contribution < -0.4 is 14.4 Å². The number of carbonyl (C=O) groups is 1. The number of carboxylic acids is 1. The Balaban J connectivity index is 1.08. The molecule has 2 aromatic heterocycles. The topological polar surface area (TPSA) is 111 Å². The first-order valence-electron chi connectivity index (χ1n) is 15.0. The number of halogens is 2. The lowest BCUT2D eigenvalue weighted by Crippen LogP contribution is -2.59. The first-order valence-corrected chi connectivity index (χ1v) is 15.4. The van der Waals surface area contributed by atoms with Gasteiger partial charge in [0.05, 0.1) is 66.3 Å². The van der Waals surface area contributed by atoms with Gasteiger partial charge < -0.3 is 33.5 Å². The largest absolute Gasteiger partial charge is 0.478 e. The maximum atomic E-state index is 15.1. The van der Waals surface area contributed by atoms with E-state index in [1.165, 1.54) is 6.07 Å². The minimum absolute atomic E-state index is 0.0201. The van der Waals surface area contributed by atoms with Gasteiger partial charge in [0.15, 0.2) is 17.3 Å². The van der Waals surface area contributed by atoms with Crippen molar-refractivity contribution in [3.8, 4) is 11.5 Å². The molecule has 0 aliphatic carbocycles. The van der Waals surface area contributed by atoms with Crippen LogP contribution in [0.3, 0.4) is 0 Å². The summed E-state index contributed by atoms with van der Waals surface area (Å²) < 4.78 is 41.6. The summed E-state index contributed by atoms with van der Waals surface area (Å²) in [6.07, 6.45) is 2.44. The van der Waals surface area contributed by atoms with E-state index in [-0.39, 0.29) is 29.3 Å². The van der Waals surface area contributed by atoms with Gasteiger partial charge in [-0.15, -0.1) is 0 Å². The van der Waals surface area contributed by atoms with Gasteiger partial charge in [0.25, 0.3) is 5.79 Å². The van der Waals surface area contributed by atoms with Crippen LogP contribution in [0.15, 0.2) is 48.7 Å². The molecule has 3 saturated heterocycles. The first kappa shape index (κ1) is 28.5. The third-order valence-corrected chi connectivity index (χ3v) is 9.46. The van der Waals surface area contributed by atoms with E-state index in [0.717, 1.165) is 18.2 Å². The van der Waals surface area contributed by atoms with Crippen LogP contribution in [0.2, 0.25) is 5.02 Å². The third kappa shape index (κ3) is 4.87. The Morgan fingerprint density at radius 1 is 1.16 bits per heavy atom. The van der Waals surface area contributed by atoms with Crippen molar-refractivity contribution in [2.45, 2.75) is 50.4 Å². The molecule has 4 aliphatic rings. The second-order valence-corrected chi connectivity index (χ2v) is 12.4. The van der Waals surface area contributed by atoms with Crippen LogP contribution in [0.4, 0.5) is 10.1 Å². The fourth-order valence-electron chi connectivity index (χ4n) is 6.82. The van der Waals surface area contributed by atoms with Crippen LogP contribution in [-0.4, -0.2) is 81.6 Å². The van der Waals surface area contributed by atoms with Gasteiger partial charge in [0.2, 0.25) is 0 Å². The molecule has 0 spiro atoms. The number of pyridine rings is 1. The van der Waals surface area contributed by atoms with Gasteiger partial charge in [-0.05, 0) is 42.8 Å². The normalized spacial score (nSPS) is 25.8. The van der Waals surface area contributed by atoms with Gasteiger partial charge in [0, 0.05) is 32.8 Å². The predicted molar refractivity (Wildman–Crippen MR) is 161 cm³/mol. The van der Waals surface area contributed by atoms with Crippen molar-refractivity contribution in [1.29, 1.82) is 0 Å². The van der Waals surface area contributed by atoms with E-state index in [1.807, 2.05) is 29.7 Å². The number of ether oxygens (including phenoxy) is 4. The molecule has 13 heteroatoms. The summed E-state index contributed by atoms with van der Waals surface area (Å²) in [5.74, 6) is -0.965. The van der Waals surface area contributed by atoms with Crippen molar-refractivity contribution in [3.63, 3.8) is 0 Å². The number of piperazine rings is 1. The fraction of sp³-hybridized carbons (Fsp3) is 0.406. The summed E-state index contributed by atoms with van der Waals surface area (Å²) in [5.41, 5.74) is 2.06. The zero-order valence-corrected chi connectivity index (χ0v) is 25.2. The highest BCUT2D eigenvalue weighted by Crippen LogP contribution is 2.50. The number of aromatic carboxylic acids is 1. The van der Waals surface area contributed by atoms with E-state index in [0.29, 0.717) is 79.6 Å². The number of carboxylic acid groups (broad SMARTS) is 1. The van der Waals surface area contributed by atoms with E-state index in [1.54, 1.807) is 18.3 Å². The molecule has 0 unspecified atom stereocenters. The molecule has 234 valence electrons. The molecule has 4 aromatic rings. The number of benzene rings is 2. The number of aromatic nitrogens is 3. The molecule has 11 nitrogen and oxygen atoms in total. The summed E-state index contributed by atoms with van der Waals surface area (Å²) in [6.45, 7) is 5.89. The summed E-state index contributed by atoms with van der Waals surface area (Å²) in [7, 11) is 0. The summed E-state index contributed by atoms with van der Waals surface area (Å²) in [6, 6.07) is 12.0. The molecule has 45 heavy (non-hydrogen) atoms. The number of imidazole rings is 1. The third-order valence-electron chi connectivity index (χ3n) is 9.24. The maximum Gasteiger partial charge on any atom is 0.335 e. The lowest BCUT2D eigenvalue weighted by molar-refractivity contribution is -0.0716. The Hall–Kier alpha value is -3.97. The van der Waals surface area contributed by atoms with Crippen LogP contribution in [0.25, 0.3) is 11.0 Å². The Bertz CT molecular complexity index is 1800. The summed E-state index contributed by atoms with van der Waals surface area (Å²) in [5, 5.41) is 10.1. The van der Waals surface area contributed by atoms with Gasteiger partial charge in [-0.1, -0.05) is 17.7 Å². The zero-order chi connectivity index (χ0) is 30.9. The van der Waals surface area contributed by atoms with E-state index in [4.69, 9.17) is 35.5 Å². The van der Waals surface area contributed by atoms with Crippen LogP contribution >= 0.6 is 11.6 Å². The number of hydrogen-bond donors (Lipinski definition) is 1. The average molecular weight is 636 g/mol. The number of para-hydroxylation sites is 1. The van der Waals surface area contributed by atoms with Crippen LogP contribution in [0.1, 0.15) is 35.2 Å². The highest BCUT2D eigenvalue weighted by atomic mass is 35.5. The Morgan fingerprint density at radius 3 is 2.76 bits per heavy atom. The van der Waals surface area contributed by atoms with E-state index in [2.05, 4.69) is 14.8 Å². The molecule has 3 fully saturated rings. The number of rotatable bonds is 7. The Kier molecular flexibility index (Phi) is 6.86. The molecule has 2 aromatic carbocycles. The molecule has 0 saturated carbocycles. The number of hydrogen-bond acceptors (Lipinski definition) is 9.